The van der Waals surface area contributed by atoms with Crippen molar-refractivity contribution in [2.45, 2.75) is 18.1 Å². The molecule has 7 heteroatoms. The van der Waals surface area contributed by atoms with E-state index in [1.165, 1.54) is 6.07 Å². The molecule has 0 bridgehead atoms. The number of sulfonamides is 1. The van der Waals surface area contributed by atoms with E-state index in [1.54, 1.807) is 6.07 Å². The zero-order valence-corrected chi connectivity index (χ0v) is 14.2. The minimum absolute atomic E-state index is 0.185. The lowest BCUT2D eigenvalue weighted by atomic mass is 10.1. The number of hydrogen-bond acceptors (Lipinski definition) is 3. The number of rotatable bonds is 3. The van der Waals surface area contributed by atoms with Gasteiger partial charge in [-0.2, -0.15) is 0 Å². The molecule has 102 valence electrons. The molecule has 19 heavy (non-hydrogen) atoms. The highest BCUT2D eigenvalue weighted by atomic mass is 79.9. The van der Waals surface area contributed by atoms with E-state index in [0.29, 0.717) is 14.5 Å². The van der Waals surface area contributed by atoms with Crippen molar-refractivity contribution in [3.63, 3.8) is 0 Å². The molecule has 0 radical (unpaired) electrons. The van der Waals surface area contributed by atoms with Crippen molar-refractivity contribution in [2.75, 3.05) is 4.72 Å². The number of thiophene rings is 1. The summed E-state index contributed by atoms with van der Waals surface area (Å²) in [4.78, 5) is 0. The van der Waals surface area contributed by atoms with Crippen LogP contribution in [0.25, 0.3) is 0 Å². The predicted molar refractivity (Wildman–Crippen MR) is 83.8 cm³/mol. The summed E-state index contributed by atoms with van der Waals surface area (Å²) in [5.74, 6) is 0. The molecule has 0 unspecified atom stereocenters. The first-order chi connectivity index (χ1) is 8.79. The molecule has 0 aliphatic rings. The summed E-state index contributed by atoms with van der Waals surface area (Å²) in [6, 6.07) is 7.05. The fourth-order valence-electron chi connectivity index (χ4n) is 1.50. The van der Waals surface area contributed by atoms with Gasteiger partial charge >= 0.3 is 0 Å². The molecule has 0 aliphatic carbocycles. The number of anilines is 1. The fourth-order valence-corrected chi connectivity index (χ4v) is 5.02. The van der Waals surface area contributed by atoms with Gasteiger partial charge in [0.15, 0.2) is 0 Å². The van der Waals surface area contributed by atoms with Crippen LogP contribution in [0.4, 0.5) is 5.69 Å². The predicted octanol–water partition coefficient (Wildman–Crippen LogP) is 4.58. The summed E-state index contributed by atoms with van der Waals surface area (Å²) < 4.78 is 27.9. The molecule has 0 amide bonds. The minimum atomic E-state index is -3.60. The lowest BCUT2D eigenvalue weighted by Gasteiger charge is -2.09. The van der Waals surface area contributed by atoms with Crippen molar-refractivity contribution >= 4 is 54.6 Å². The van der Waals surface area contributed by atoms with E-state index in [-0.39, 0.29) is 4.21 Å². The molecule has 3 nitrogen and oxygen atoms in total. The molecule has 0 aliphatic heterocycles. The van der Waals surface area contributed by atoms with Gasteiger partial charge in [-0.25, -0.2) is 8.42 Å². The van der Waals surface area contributed by atoms with Crippen LogP contribution in [0.3, 0.4) is 0 Å². The average molecular weight is 381 g/mol. The summed E-state index contributed by atoms with van der Waals surface area (Å²) in [5.41, 5.74) is 2.45. The number of benzene rings is 1. The molecule has 2 rings (SSSR count). The Morgan fingerprint density at radius 3 is 2.53 bits per heavy atom. The summed E-state index contributed by atoms with van der Waals surface area (Å²) in [6.07, 6.45) is 0. The maximum Gasteiger partial charge on any atom is 0.271 e. The van der Waals surface area contributed by atoms with Gasteiger partial charge in [0.25, 0.3) is 10.0 Å². The molecule has 1 heterocycles. The van der Waals surface area contributed by atoms with Gasteiger partial charge in [-0.1, -0.05) is 23.7 Å². The third-order valence-electron chi connectivity index (χ3n) is 2.52. The number of aryl methyl sites for hydroxylation is 2. The van der Waals surface area contributed by atoms with Gasteiger partial charge < -0.3 is 0 Å². The lowest BCUT2D eigenvalue weighted by molar-refractivity contribution is 0.603. The maximum atomic E-state index is 12.3. The van der Waals surface area contributed by atoms with Crippen LogP contribution >= 0.6 is 38.9 Å². The van der Waals surface area contributed by atoms with Gasteiger partial charge in [0.2, 0.25) is 0 Å². The molecule has 2 aromatic rings. The second-order valence-corrected chi connectivity index (χ2v) is 8.80. The highest BCUT2D eigenvalue weighted by Gasteiger charge is 2.19. The Morgan fingerprint density at radius 1 is 1.26 bits per heavy atom. The molecule has 0 fully saturated rings. The van der Waals surface area contributed by atoms with Gasteiger partial charge in [0, 0.05) is 0 Å². The standard InChI is InChI=1S/C12H11BrClNO2S2/c1-7-3-4-8(2)10(5-7)15-19(16,17)11-6-9(14)12(13)18-11/h3-6,15H,1-2H3. The largest absolute Gasteiger partial charge is 0.279 e. The van der Waals surface area contributed by atoms with Crippen LogP contribution in [0.15, 0.2) is 32.3 Å². The molecule has 0 saturated heterocycles. The normalized spacial score (nSPS) is 11.6. The molecule has 1 N–H and O–H groups in total. The highest BCUT2D eigenvalue weighted by molar-refractivity contribution is 9.11. The monoisotopic (exact) mass is 379 g/mol. The van der Waals surface area contributed by atoms with Crippen LogP contribution in [-0.2, 0) is 10.0 Å². The van der Waals surface area contributed by atoms with E-state index in [0.717, 1.165) is 22.5 Å². The average Bonchev–Trinajstić information content (AvgIpc) is 2.65. The topological polar surface area (TPSA) is 46.2 Å². The Balaban J connectivity index is 2.39. The smallest absolute Gasteiger partial charge is 0.271 e. The first-order valence-corrected chi connectivity index (χ1v) is 8.81. The van der Waals surface area contributed by atoms with Crippen LogP contribution in [0.1, 0.15) is 11.1 Å². The molecule has 1 aromatic heterocycles. The zero-order valence-electron chi connectivity index (χ0n) is 10.2. The molecular formula is C12H11BrClNO2S2. The third-order valence-corrected chi connectivity index (χ3v) is 6.84. The van der Waals surface area contributed by atoms with Gasteiger partial charge in [-0.05, 0) is 53.0 Å². The molecule has 0 saturated carbocycles. The van der Waals surface area contributed by atoms with Crippen molar-refractivity contribution in [1.82, 2.24) is 0 Å². The van der Waals surface area contributed by atoms with Crippen molar-refractivity contribution in [2.24, 2.45) is 0 Å². The van der Waals surface area contributed by atoms with E-state index in [4.69, 9.17) is 11.6 Å². The van der Waals surface area contributed by atoms with E-state index in [1.807, 2.05) is 26.0 Å². The van der Waals surface area contributed by atoms with Gasteiger partial charge in [0.1, 0.15) is 4.21 Å². The Kier molecular flexibility index (Phi) is 4.25. The Morgan fingerprint density at radius 2 is 1.95 bits per heavy atom. The van der Waals surface area contributed by atoms with Crippen LogP contribution in [0, 0.1) is 13.8 Å². The van der Waals surface area contributed by atoms with E-state index in [2.05, 4.69) is 20.7 Å². The van der Waals surface area contributed by atoms with Crippen molar-refractivity contribution in [3.8, 4) is 0 Å². The lowest BCUT2D eigenvalue weighted by Crippen LogP contribution is -2.12. The summed E-state index contributed by atoms with van der Waals surface area (Å²) in [6.45, 7) is 3.77. The number of halogens is 2. The van der Waals surface area contributed by atoms with E-state index >= 15 is 0 Å². The molecular weight excluding hydrogens is 370 g/mol. The second-order valence-electron chi connectivity index (χ2n) is 4.11. The highest BCUT2D eigenvalue weighted by Crippen LogP contribution is 2.35. The summed E-state index contributed by atoms with van der Waals surface area (Å²) in [5, 5.41) is 0.395. The fraction of sp³-hybridized carbons (Fsp3) is 0.167. The van der Waals surface area contributed by atoms with Crippen molar-refractivity contribution in [1.29, 1.82) is 0 Å². The Labute approximate surface area is 129 Å². The van der Waals surface area contributed by atoms with Crippen molar-refractivity contribution < 1.29 is 8.42 Å². The van der Waals surface area contributed by atoms with E-state index < -0.39 is 10.0 Å². The second kappa shape index (κ2) is 5.44. The Hall–Kier alpha value is -0.560. The van der Waals surface area contributed by atoms with Gasteiger partial charge in [-0.3, -0.25) is 4.72 Å². The summed E-state index contributed by atoms with van der Waals surface area (Å²) in [7, 11) is -3.60. The maximum absolute atomic E-state index is 12.3. The summed E-state index contributed by atoms with van der Waals surface area (Å²) >= 11 is 10.2. The first kappa shape index (κ1) is 14.8. The van der Waals surface area contributed by atoms with Gasteiger partial charge in [0.05, 0.1) is 14.5 Å². The van der Waals surface area contributed by atoms with Crippen LogP contribution < -0.4 is 4.72 Å². The molecule has 1 aromatic carbocycles. The van der Waals surface area contributed by atoms with Crippen LogP contribution in [0.5, 0.6) is 0 Å². The van der Waals surface area contributed by atoms with Crippen LogP contribution in [-0.4, -0.2) is 8.42 Å². The molecule has 0 spiro atoms. The quantitative estimate of drug-likeness (QED) is 0.847. The minimum Gasteiger partial charge on any atom is -0.279 e. The first-order valence-electron chi connectivity index (χ1n) is 5.34. The number of hydrogen-bond donors (Lipinski definition) is 1. The van der Waals surface area contributed by atoms with Crippen molar-refractivity contribution in [3.05, 3.63) is 44.2 Å². The van der Waals surface area contributed by atoms with E-state index in [9.17, 15) is 8.42 Å². The zero-order chi connectivity index (χ0) is 14.2. The van der Waals surface area contributed by atoms with Crippen LogP contribution in [0.2, 0.25) is 5.02 Å². The SMILES string of the molecule is Cc1ccc(C)c(NS(=O)(=O)c2cc(Cl)c(Br)s2)c1. The molecule has 0 atom stereocenters. The Bertz CT molecular complexity index is 706. The third kappa shape index (κ3) is 3.31. The number of nitrogens with one attached hydrogen (secondary N) is 1. The van der Waals surface area contributed by atoms with Gasteiger partial charge in [-0.15, -0.1) is 11.3 Å².